The van der Waals surface area contributed by atoms with Gasteiger partial charge < -0.3 is 15.0 Å². The first-order chi connectivity index (χ1) is 12.8. The van der Waals surface area contributed by atoms with Crippen molar-refractivity contribution in [3.8, 4) is 0 Å². The SMILES string of the molecule is O=C(OCCCc1cnc2ncnn2c1)N1CC(Nc2ncccn2)C1. The maximum Gasteiger partial charge on any atom is 0.409 e. The van der Waals surface area contributed by atoms with Crippen LogP contribution in [0.4, 0.5) is 10.7 Å². The van der Waals surface area contributed by atoms with E-state index in [4.69, 9.17) is 4.74 Å². The van der Waals surface area contributed by atoms with Gasteiger partial charge in [0.05, 0.1) is 12.6 Å². The van der Waals surface area contributed by atoms with Crippen molar-refractivity contribution in [2.45, 2.75) is 18.9 Å². The summed E-state index contributed by atoms with van der Waals surface area (Å²) in [5, 5.41) is 7.22. The molecule has 0 atom stereocenters. The first kappa shape index (κ1) is 16.2. The Morgan fingerprint density at radius 3 is 2.92 bits per heavy atom. The van der Waals surface area contributed by atoms with E-state index in [1.54, 1.807) is 34.1 Å². The standard InChI is InChI=1S/C16H18N8O2/c25-16(23-9-13(10-23)22-14-17-4-2-5-18-14)26-6-1-3-12-7-19-15-20-11-21-24(15)8-12/h2,4-5,7-8,11,13H,1,3,6,9-10H2,(H,17,18,22). The smallest absolute Gasteiger partial charge is 0.409 e. The second-order valence-electron chi connectivity index (χ2n) is 6.00. The zero-order valence-corrected chi connectivity index (χ0v) is 14.0. The van der Waals surface area contributed by atoms with Gasteiger partial charge in [0.15, 0.2) is 0 Å². The van der Waals surface area contributed by atoms with E-state index in [0.717, 1.165) is 18.4 Å². The number of aromatic nitrogens is 6. The molecule has 3 aromatic rings. The molecular weight excluding hydrogens is 336 g/mol. The van der Waals surface area contributed by atoms with Crippen LogP contribution in [0.15, 0.2) is 37.2 Å². The quantitative estimate of drug-likeness (QED) is 0.647. The number of nitrogens with zero attached hydrogens (tertiary/aromatic N) is 7. The second-order valence-corrected chi connectivity index (χ2v) is 6.00. The molecule has 0 unspecified atom stereocenters. The van der Waals surface area contributed by atoms with Gasteiger partial charge in [-0.15, -0.1) is 0 Å². The lowest BCUT2D eigenvalue weighted by Gasteiger charge is -2.38. The highest BCUT2D eigenvalue weighted by Crippen LogP contribution is 2.13. The summed E-state index contributed by atoms with van der Waals surface area (Å²) in [6, 6.07) is 1.92. The van der Waals surface area contributed by atoms with Gasteiger partial charge in [-0.2, -0.15) is 10.1 Å². The molecular formula is C16H18N8O2. The average molecular weight is 354 g/mol. The summed E-state index contributed by atoms with van der Waals surface area (Å²) in [6.45, 7) is 1.54. The summed E-state index contributed by atoms with van der Waals surface area (Å²) >= 11 is 0. The highest BCUT2D eigenvalue weighted by atomic mass is 16.6. The fraction of sp³-hybridized carbons (Fsp3) is 0.375. The second kappa shape index (κ2) is 7.30. The molecule has 10 nitrogen and oxygen atoms in total. The van der Waals surface area contributed by atoms with E-state index in [1.165, 1.54) is 6.33 Å². The highest BCUT2D eigenvalue weighted by molar-refractivity contribution is 5.69. The molecule has 134 valence electrons. The van der Waals surface area contributed by atoms with E-state index in [9.17, 15) is 4.79 Å². The van der Waals surface area contributed by atoms with Crippen LogP contribution in [-0.4, -0.2) is 66.3 Å². The van der Waals surface area contributed by atoms with Crippen LogP contribution in [0.5, 0.6) is 0 Å². The number of hydrogen-bond donors (Lipinski definition) is 1. The van der Waals surface area contributed by atoms with Crippen molar-refractivity contribution in [3.05, 3.63) is 42.7 Å². The molecule has 0 aliphatic carbocycles. The van der Waals surface area contributed by atoms with Gasteiger partial charge in [0, 0.05) is 37.9 Å². The molecule has 10 heteroatoms. The van der Waals surface area contributed by atoms with E-state index in [1.807, 2.05) is 6.20 Å². The Labute approximate surface area is 149 Å². The maximum atomic E-state index is 12.0. The van der Waals surface area contributed by atoms with Crippen molar-refractivity contribution < 1.29 is 9.53 Å². The lowest BCUT2D eigenvalue weighted by atomic mass is 10.1. The van der Waals surface area contributed by atoms with Gasteiger partial charge in [0.2, 0.25) is 5.95 Å². The Morgan fingerprint density at radius 1 is 1.23 bits per heavy atom. The predicted octanol–water partition coefficient (Wildman–Crippen LogP) is 0.780. The minimum absolute atomic E-state index is 0.158. The van der Waals surface area contributed by atoms with Gasteiger partial charge in [0.1, 0.15) is 6.33 Å². The van der Waals surface area contributed by atoms with Gasteiger partial charge in [-0.25, -0.2) is 24.3 Å². The Morgan fingerprint density at radius 2 is 2.08 bits per heavy atom. The molecule has 3 aromatic heterocycles. The zero-order chi connectivity index (χ0) is 17.8. The first-order valence-corrected chi connectivity index (χ1v) is 8.37. The minimum atomic E-state index is -0.290. The number of carbonyl (C=O) groups is 1. The van der Waals surface area contributed by atoms with Crippen LogP contribution >= 0.6 is 0 Å². The topological polar surface area (TPSA) is 110 Å². The van der Waals surface area contributed by atoms with E-state index in [0.29, 0.717) is 31.4 Å². The van der Waals surface area contributed by atoms with Crippen molar-refractivity contribution in [2.24, 2.45) is 0 Å². The monoisotopic (exact) mass is 354 g/mol. The molecule has 0 bridgehead atoms. The van der Waals surface area contributed by atoms with Crippen molar-refractivity contribution >= 4 is 17.8 Å². The number of anilines is 1. The molecule has 26 heavy (non-hydrogen) atoms. The number of fused-ring (bicyclic) bond motifs is 1. The lowest BCUT2D eigenvalue weighted by molar-refractivity contribution is 0.0748. The number of aryl methyl sites for hydroxylation is 1. The van der Waals surface area contributed by atoms with E-state index >= 15 is 0 Å². The van der Waals surface area contributed by atoms with Gasteiger partial charge in [-0.05, 0) is 24.5 Å². The molecule has 1 N–H and O–H groups in total. The van der Waals surface area contributed by atoms with E-state index in [2.05, 4.69) is 30.4 Å². The third kappa shape index (κ3) is 3.68. The molecule has 4 heterocycles. The summed E-state index contributed by atoms with van der Waals surface area (Å²) in [4.78, 5) is 30.1. The number of carbonyl (C=O) groups excluding carboxylic acids is 1. The van der Waals surface area contributed by atoms with Crippen LogP contribution in [0.25, 0.3) is 5.78 Å². The molecule has 1 aliphatic rings. The molecule has 1 fully saturated rings. The van der Waals surface area contributed by atoms with Crippen LogP contribution in [0, 0.1) is 0 Å². The van der Waals surface area contributed by atoms with Crippen molar-refractivity contribution in [3.63, 3.8) is 0 Å². The summed E-state index contributed by atoms with van der Waals surface area (Å²) in [5.41, 5.74) is 1.02. The molecule has 1 aliphatic heterocycles. The number of ether oxygens (including phenoxy) is 1. The first-order valence-electron chi connectivity index (χ1n) is 8.37. The van der Waals surface area contributed by atoms with Crippen LogP contribution < -0.4 is 5.32 Å². The molecule has 1 saturated heterocycles. The number of hydrogen-bond acceptors (Lipinski definition) is 8. The summed E-state index contributed by atoms with van der Waals surface area (Å²) < 4.78 is 6.94. The molecule has 0 aromatic carbocycles. The van der Waals surface area contributed by atoms with Crippen LogP contribution in [0.3, 0.4) is 0 Å². The van der Waals surface area contributed by atoms with Crippen molar-refractivity contribution in [1.82, 2.24) is 34.4 Å². The van der Waals surface area contributed by atoms with Gasteiger partial charge in [-0.1, -0.05) is 0 Å². The van der Waals surface area contributed by atoms with Crippen molar-refractivity contribution in [1.29, 1.82) is 0 Å². The largest absolute Gasteiger partial charge is 0.449 e. The van der Waals surface area contributed by atoms with Crippen LogP contribution in [0.2, 0.25) is 0 Å². The Hall–Kier alpha value is -3.30. The van der Waals surface area contributed by atoms with E-state index < -0.39 is 0 Å². The van der Waals surface area contributed by atoms with Gasteiger partial charge in [0.25, 0.3) is 5.78 Å². The Bertz CT molecular complexity index is 878. The molecule has 0 saturated carbocycles. The molecule has 0 radical (unpaired) electrons. The van der Waals surface area contributed by atoms with Crippen molar-refractivity contribution in [2.75, 3.05) is 25.0 Å². The van der Waals surface area contributed by atoms with Crippen LogP contribution in [-0.2, 0) is 11.2 Å². The van der Waals surface area contributed by atoms with Gasteiger partial charge >= 0.3 is 6.09 Å². The number of amides is 1. The third-order valence-corrected chi connectivity index (χ3v) is 4.06. The number of likely N-dealkylation sites (tertiary alicyclic amines) is 1. The fourth-order valence-electron chi connectivity index (χ4n) is 2.69. The van der Waals surface area contributed by atoms with E-state index in [-0.39, 0.29) is 12.1 Å². The summed E-state index contributed by atoms with van der Waals surface area (Å²) in [6.07, 6.45) is 9.66. The summed E-state index contributed by atoms with van der Waals surface area (Å²) in [5.74, 6) is 1.14. The normalized spacial score (nSPS) is 14.2. The molecule has 1 amide bonds. The number of nitrogens with one attached hydrogen (secondary N) is 1. The average Bonchev–Trinajstić information content (AvgIpc) is 3.10. The predicted molar refractivity (Wildman–Crippen MR) is 91.5 cm³/mol. The fourth-order valence-corrected chi connectivity index (χ4v) is 2.69. The Kier molecular flexibility index (Phi) is 4.54. The summed E-state index contributed by atoms with van der Waals surface area (Å²) in [7, 11) is 0. The van der Waals surface area contributed by atoms with Gasteiger partial charge in [-0.3, -0.25) is 0 Å². The molecule has 0 spiro atoms. The highest BCUT2D eigenvalue weighted by Gasteiger charge is 2.31. The molecule has 4 rings (SSSR count). The number of rotatable bonds is 6. The lowest BCUT2D eigenvalue weighted by Crippen LogP contribution is -2.57. The zero-order valence-electron chi connectivity index (χ0n) is 14.0. The minimum Gasteiger partial charge on any atom is -0.449 e. The van der Waals surface area contributed by atoms with Crippen LogP contribution in [0.1, 0.15) is 12.0 Å². The third-order valence-electron chi connectivity index (χ3n) is 4.06. The maximum absolute atomic E-state index is 12.0. The Balaban J connectivity index is 1.15.